The number of halogens is 1. The van der Waals surface area contributed by atoms with E-state index in [9.17, 15) is 19.2 Å². The normalized spacial score (nSPS) is 21.6. The van der Waals surface area contributed by atoms with Crippen LogP contribution in [-0.2, 0) is 24.6 Å². The van der Waals surface area contributed by atoms with E-state index in [0.717, 1.165) is 9.80 Å². The van der Waals surface area contributed by atoms with Crippen molar-refractivity contribution < 1.29 is 24.3 Å². The summed E-state index contributed by atoms with van der Waals surface area (Å²) in [6.45, 7) is 0.856. The van der Waals surface area contributed by atoms with E-state index < -0.39 is 35.7 Å². The number of anilines is 1. The van der Waals surface area contributed by atoms with Gasteiger partial charge in [0.25, 0.3) is 5.91 Å². The molecule has 1 unspecified atom stereocenters. The molecule has 2 aliphatic heterocycles. The smallest absolute Gasteiger partial charge is 0.323 e. The first-order valence-electron chi connectivity index (χ1n) is 7.41. The highest BCUT2D eigenvalue weighted by molar-refractivity contribution is 6.32. The van der Waals surface area contributed by atoms with Gasteiger partial charge in [-0.3, -0.25) is 29.0 Å². The summed E-state index contributed by atoms with van der Waals surface area (Å²) >= 11 is 6.01. The molecule has 128 valence electrons. The van der Waals surface area contributed by atoms with Crippen molar-refractivity contribution in [1.29, 1.82) is 0 Å². The van der Waals surface area contributed by atoms with Gasteiger partial charge in [0, 0.05) is 16.3 Å². The summed E-state index contributed by atoms with van der Waals surface area (Å²) in [6.07, 6.45) is -0.362. The Bertz CT molecular complexity index is 885. The second kappa shape index (κ2) is 5.90. The summed E-state index contributed by atoms with van der Waals surface area (Å²) < 4.78 is 0. The van der Waals surface area contributed by atoms with Gasteiger partial charge in [-0.05, 0) is 25.1 Å². The summed E-state index contributed by atoms with van der Waals surface area (Å²) in [5, 5.41) is 9.38. The number of rotatable bonds is 3. The van der Waals surface area contributed by atoms with Crippen LogP contribution in [0.4, 0.5) is 5.69 Å². The zero-order valence-electron chi connectivity index (χ0n) is 13.2. The summed E-state index contributed by atoms with van der Waals surface area (Å²) in [5.74, 6) is 2.07. The van der Waals surface area contributed by atoms with Crippen LogP contribution in [-0.4, -0.2) is 46.8 Å². The molecule has 3 amide bonds. The Morgan fingerprint density at radius 1 is 1.28 bits per heavy atom. The molecular formula is C17H13ClN2O5. The van der Waals surface area contributed by atoms with Crippen LogP contribution in [0, 0.1) is 11.8 Å². The predicted molar refractivity (Wildman–Crippen MR) is 87.9 cm³/mol. The third kappa shape index (κ3) is 2.37. The highest BCUT2D eigenvalue weighted by Gasteiger charge is 2.63. The molecule has 1 fully saturated rings. The Morgan fingerprint density at radius 2 is 1.96 bits per heavy atom. The number of carbonyl (C=O) groups excluding carboxylic acids is 3. The number of imide groups is 1. The first-order chi connectivity index (χ1) is 11.8. The van der Waals surface area contributed by atoms with Crippen molar-refractivity contribution in [2.45, 2.75) is 18.8 Å². The minimum Gasteiger partial charge on any atom is -0.480 e. The molecule has 2 aliphatic rings. The third-order valence-electron chi connectivity index (χ3n) is 4.35. The number of aliphatic carboxylic acids is 1. The molecule has 0 bridgehead atoms. The summed E-state index contributed by atoms with van der Waals surface area (Å²) in [6, 6.07) is 4.43. The van der Waals surface area contributed by atoms with E-state index in [-0.39, 0.29) is 29.2 Å². The second-order valence-corrected chi connectivity index (χ2v) is 6.18. The number of likely N-dealkylation sites (tertiary alicyclic amines) is 1. The Labute approximate surface area is 148 Å². The number of hydrogen-bond acceptors (Lipinski definition) is 4. The molecule has 3 rings (SSSR count). The average molecular weight is 361 g/mol. The van der Waals surface area contributed by atoms with Crippen molar-refractivity contribution in [3.8, 4) is 11.8 Å². The summed E-state index contributed by atoms with van der Waals surface area (Å²) in [4.78, 5) is 51.4. The minimum atomic E-state index is -1.76. The van der Waals surface area contributed by atoms with Gasteiger partial charge >= 0.3 is 5.97 Å². The lowest BCUT2D eigenvalue weighted by Crippen LogP contribution is -2.47. The molecule has 1 spiro atoms. The number of hydrogen-bond donors (Lipinski definition) is 1. The molecule has 2 heterocycles. The van der Waals surface area contributed by atoms with Gasteiger partial charge in [-0.2, -0.15) is 0 Å². The molecule has 7 nitrogen and oxygen atoms in total. The maximum atomic E-state index is 13.0. The molecule has 0 aromatic heterocycles. The number of benzene rings is 1. The van der Waals surface area contributed by atoms with Gasteiger partial charge in [-0.25, -0.2) is 0 Å². The fourth-order valence-electron chi connectivity index (χ4n) is 3.27. The largest absolute Gasteiger partial charge is 0.480 e. The number of nitrogens with zero attached hydrogens (tertiary/aromatic N) is 2. The van der Waals surface area contributed by atoms with Crippen LogP contribution < -0.4 is 4.90 Å². The van der Waals surface area contributed by atoms with Crippen LogP contribution in [0.15, 0.2) is 18.2 Å². The second-order valence-electron chi connectivity index (χ2n) is 5.74. The average Bonchev–Trinajstić information content (AvgIpc) is 2.93. The van der Waals surface area contributed by atoms with Crippen LogP contribution in [0.1, 0.15) is 18.9 Å². The van der Waals surface area contributed by atoms with E-state index in [1.54, 1.807) is 6.92 Å². The number of carboxylic acid groups (broad SMARTS) is 1. The van der Waals surface area contributed by atoms with Crippen LogP contribution in [0.25, 0.3) is 0 Å². The van der Waals surface area contributed by atoms with Crippen molar-refractivity contribution in [2.24, 2.45) is 0 Å². The maximum absolute atomic E-state index is 13.0. The van der Waals surface area contributed by atoms with Gasteiger partial charge in [-0.1, -0.05) is 17.5 Å². The van der Waals surface area contributed by atoms with Crippen molar-refractivity contribution in [2.75, 3.05) is 18.0 Å². The monoisotopic (exact) mass is 360 g/mol. The predicted octanol–water partition coefficient (Wildman–Crippen LogP) is 0.791. The summed E-state index contributed by atoms with van der Waals surface area (Å²) in [5.41, 5.74) is -1.22. The summed E-state index contributed by atoms with van der Waals surface area (Å²) in [7, 11) is 0. The first-order valence-corrected chi connectivity index (χ1v) is 7.79. The van der Waals surface area contributed by atoms with E-state index in [1.165, 1.54) is 18.2 Å². The molecule has 1 saturated heterocycles. The zero-order valence-corrected chi connectivity index (χ0v) is 14.0. The Balaban J connectivity index is 2.16. The number of carbonyl (C=O) groups is 4. The maximum Gasteiger partial charge on any atom is 0.323 e. The number of fused-ring (bicyclic) bond motifs is 2. The molecule has 8 heteroatoms. The fraction of sp³-hybridized carbons (Fsp3) is 0.294. The van der Waals surface area contributed by atoms with E-state index in [1.807, 2.05) is 0 Å². The van der Waals surface area contributed by atoms with Gasteiger partial charge in [0.05, 0.1) is 13.0 Å². The quantitative estimate of drug-likeness (QED) is 0.488. The lowest BCUT2D eigenvalue weighted by Gasteiger charge is -2.21. The Morgan fingerprint density at radius 3 is 2.60 bits per heavy atom. The van der Waals surface area contributed by atoms with Crippen molar-refractivity contribution in [3.63, 3.8) is 0 Å². The Hall–Kier alpha value is -2.85. The lowest BCUT2D eigenvalue weighted by molar-refractivity contribution is -0.142. The van der Waals surface area contributed by atoms with Crippen LogP contribution in [0.5, 0.6) is 0 Å². The highest BCUT2D eigenvalue weighted by Crippen LogP contribution is 2.49. The van der Waals surface area contributed by atoms with E-state index in [4.69, 9.17) is 16.7 Å². The molecule has 0 radical (unpaired) electrons. The van der Waals surface area contributed by atoms with Gasteiger partial charge < -0.3 is 5.11 Å². The molecule has 25 heavy (non-hydrogen) atoms. The molecule has 1 aromatic carbocycles. The molecule has 1 aromatic rings. The standard InChI is InChI=1S/C17H13ClN2O5/c1-2-3-6-19-13(21)8-17(15(19)24)11-7-10(18)4-5-12(11)20(16(17)25)9-14(22)23/h4-5,7H,6,8-9H2,1H3,(H,22,23). The first kappa shape index (κ1) is 17.0. The number of amides is 3. The van der Waals surface area contributed by atoms with E-state index in [0.29, 0.717) is 0 Å². The zero-order chi connectivity index (χ0) is 18.4. The van der Waals surface area contributed by atoms with Crippen molar-refractivity contribution in [1.82, 2.24) is 4.90 Å². The van der Waals surface area contributed by atoms with Gasteiger partial charge in [0.2, 0.25) is 11.8 Å². The topological polar surface area (TPSA) is 95.0 Å². The molecule has 0 aliphatic carbocycles. The van der Waals surface area contributed by atoms with Crippen molar-refractivity contribution in [3.05, 3.63) is 28.8 Å². The molecule has 1 atom stereocenters. The van der Waals surface area contributed by atoms with E-state index >= 15 is 0 Å². The van der Waals surface area contributed by atoms with Gasteiger partial charge in [0.15, 0.2) is 5.41 Å². The lowest BCUT2D eigenvalue weighted by atomic mass is 9.80. The van der Waals surface area contributed by atoms with Crippen LogP contribution in [0.2, 0.25) is 5.02 Å². The van der Waals surface area contributed by atoms with Gasteiger partial charge in [-0.15, -0.1) is 5.92 Å². The fourth-order valence-corrected chi connectivity index (χ4v) is 3.44. The number of carboxylic acids is 1. The van der Waals surface area contributed by atoms with Gasteiger partial charge in [0.1, 0.15) is 6.54 Å². The van der Waals surface area contributed by atoms with E-state index in [2.05, 4.69) is 11.8 Å². The van der Waals surface area contributed by atoms with Crippen molar-refractivity contribution >= 4 is 41.0 Å². The third-order valence-corrected chi connectivity index (χ3v) is 4.59. The van der Waals surface area contributed by atoms with Crippen LogP contribution in [0.3, 0.4) is 0 Å². The minimum absolute atomic E-state index is 0.113. The highest BCUT2D eigenvalue weighted by atomic mass is 35.5. The molecular weight excluding hydrogens is 348 g/mol. The Kier molecular flexibility index (Phi) is 4.01. The molecule has 0 saturated carbocycles. The molecule has 1 N–H and O–H groups in total. The van der Waals surface area contributed by atoms with Crippen LogP contribution >= 0.6 is 11.6 Å². The SMILES string of the molecule is CC#CCN1C(=O)CC2(C1=O)C(=O)N(CC(=O)O)c1ccc(Cl)cc12.